The average molecular weight is 272 g/mol. The summed E-state index contributed by atoms with van der Waals surface area (Å²) in [5.74, 6) is -0.218. The van der Waals surface area contributed by atoms with Crippen molar-refractivity contribution in [1.29, 1.82) is 0 Å². The number of fused-ring (bicyclic) bond motifs is 1. The Hall–Kier alpha value is -2.20. The normalized spacial score (nSPS) is 10.8. The summed E-state index contributed by atoms with van der Waals surface area (Å²) in [5, 5.41) is 8.40. The molecule has 1 heterocycles. The highest BCUT2D eigenvalue weighted by Crippen LogP contribution is 2.18. The number of benzene rings is 2. The molecule has 0 radical (unpaired) electrons. The summed E-state index contributed by atoms with van der Waals surface area (Å²) in [4.78, 5) is 12.4. The maximum atomic E-state index is 12.4. The van der Waals surface area contributed by atoms with Gasteiger partial charge in [-0.25, -0.2) is 0 Å². The van der Waals surface area contributed by atoms with Crippen LogP contribution >= 0.6 is 11.6 Å². The summed E-state index contributed by atoms with van der Waals surface area (Å²) in [6, 6.07) is 12.5. The van der Waals surface area contributed by atoms with Gasteiger partial charge < -0.3 is 0 Å². The van der Waals surface area contributed by atoms with Gasteiger partial charge >= 0.3 is 0 Å². The standard InChI is InChI=1S/C14H10ClN3O/c1-9-2-4-10(5-3-9)14(19)18-13-8-11(15)6-7-12(13)16-17-18/h2-8H,1H3. The van der Waals surface area contributed by atoms with Crippen LogP contribution in [0.5, 0.6) is 0 Å². The lowest BCUT2D eigenvalue weighted by Crippen LogP contribution is -2.13. The minimum absolute atomic E-state index is 0.218. The zero-order valence-electron chi connectivity index (χ0n) is 10.2. The minimum atomic E-state index is -0.218. The molecule has 0 spiro atoms. The Morgan fingerprint density at radius 1 is 1.16 bits per heavy atom. The van der Waals surface area contributed by atoms with Gasteiger partial charge in [0.05, 0.1) is 5.52 Å². The third-order valence-electron chi connectivity index (χ3n) is 2.90. The van der Waals surface area contributed by atoms with Crippen LogP contribution in [0.3, 0.4) is 0 Å². The van der Waals surface area contributed by atoms with Crippen LogP contribution in [-0.2, 0) is 0 Å². The molecule has 1 aromatic heterocycles. The Labute approximate surface area is 114 Å². The fraction of sp³-hybridized carbons (Fsp3) is 0.0714. The van der Waals surface area contributed by atoms with Crippen molar-refractivity contribution >= 4 is 28.5 Å². The molecule has 5 heteroatoms. The number of carbonyl (C=O) groups is 1. The van der Waals surface area contributed by atoms with E-state index in [2.05, 4.69) is 10.3 Å². The van der Waals surface area contributed by atoms with E-state index in [0.717, 1.165) is 5.56 Å². The monoisotopic (exact) mass is 271 g/mol. The fourth-order valence-corrected chi connectivity index (χ4v) is 2.03. The molecule has 0 bridgehead atoms. The highest BCUT2D eigenvalue weighted by atomic mass is 35.5. The van der Waals surface area contributed by atoms with Gasteiger partial charge in [-0.3, -0.25) is 4.79 Å². The second kappa shape index (κ2) is 4.48. The van der Waals surface area contributed by atoms with Gasteiger partial charge in [0.1, 0.15) is 5.52 Å². The van der Waals surface area contributed by atoms with E-state index in [4.69, 9.17) is 11.6 Å². The summed E-state index contributed by atoms with van der Waals surface area (Å²) in [5.41, 5.74) is 2.92. The van der Waals surface area contributed by atoms with Crippen molar-refractivity contribution < 1.29 is 4.79 Å². The van der Waals surface area contributed by atoms with Gasteiger partial charge in [-0.05, 0) is 37.3 Å². The molecule has 0 saturated heterocycles. The first-order chi connectivity index (χ1) is 9.15. The van der Waals surface area contributed by atoms with E-state index in [1.54, 1.807) is 30.3 Å². The van der Waals surface area contributed by atoms with Crippen LogP contribution in [0.2, 0.25) is 5.02 Å². The van der Waals surface area contributed by atoms with E-state index in [9.17, 15) is 4.79 Å². The molecule has 0 aliphatic heterocycles. The zero-order valence-corrected chi connectivity index (χ0v) is 10.9. The molecule has 0 aliphatic rings. The predicted octanol–water partition coefficient (Wildman–Crippen LogP) is 3.08. The van der Waals surface area contributed by atoms with E-state index in [0.29, 0.717) is 21.6 Å². The van der Waals surface area contributed by atoms with Crippen molar-refractivity contribution in [3.63, 3.8) is 0 Å². The van der Waals surface area contributed by atoms with Crippen molar-refractivity contribution in [3.8, 4) is 0 Å². The Kier molecular flexibility index (Phi) is 2.80. The van der Waals surface area contributed by atoms with Crippen molar-refractivity contribution in [2.24, 2.45) is 0 Å². The third kappa shape index (κ3) is 2.11. The molecule has 94 valence electrons. The number of nitrogens with zero attached hydrogens (tertiary/aromatic N) is 3. The third-order valence-corrected chi connectivity index (χ3v) is 3.13. The number of carbonyl (C=O) groups excluding carboxylic acids is 1. The Bertz CT molecular complexity index is 762. The molecule has 4 nitrogen and oxygen atoms in total. The maximum absolute atomic E-state index is 12.4. The first kappa shape index (κ1) is 11.9. The lowest BCUT2D eigenvalue weighted by Gasteiger charge is -2.02. The number of hydrogen-bond acceptors (Lipinski definition) is 3. The fourth-order valence-electron chi connectivity index (χ4n) is 1.86. The van der Waals surface area contributed by atoms with Crippen LogP contribution in [-0.4, -0.2) is 20.9 Å². The second-order valence-electron chi connectivity index (χ2n) is 4.31. The molecule has 0 atom stereocenters. The van der Waals surface area contributed by atoms with Crippen molar-refractivity contribution in [1.82, 2.24) is 15.0 Å². The highest BCUT2D eigenvalue weighted by Gasteiger charge is 2.14. The van der Waals surface area contributed by atoms with Crippen LogP contribution in [0.15, 0.2) is 42.5 Å². The van der Waals surface area contributed by atoms with E-state index in [1.807, 2.05) is 19.1 Å². The Morgan fingerprint density at radius 3 is 2.63 bits per heavy atom. The van der Waals surface area contributed by atoms with Crippen LogP contribution in [0.4, 0.5) is 0 Å². The first-order valence-electron chi connectivity index (χ1n) is 5.77. The lowest BCUT2D eigenvalue weighted by atomic mass is 10.1. The molecule has 0 amide bonds. The van der Waals surface area contributed by atoms with Crippen LogP contribution in [0, 0.1) is 6.92 Å². The van der Waals surface area contributed by atoms with E-state index < -0.39 is 0 Å². The molecule has 0 aliphatic carbocycles. The van der Waals surface area contributed by atoms with Crippen LogP contribution < -0.4 is 0 Å². The second-order valence-corrected chi connectivity index (χ2v) is 4.74. The van der Waals surface area contributed by atoms with Crippen LogP contribution in [0.1, 0.15) is 15.9 Å². The molecule has 19 heavy (non-hydrogen) atoms. The molecule has 0 saturated carbocycles. The summed E-state index contributed by atoms with van der Waals surface area (Å²) in [6.45, 7) is 1.97. The SMILES string of the molecule is Cc1ccc(C(=O)n2nnc3ccc(Cl)cc32)cc1. The summed E-state index contributed by atoms with van der Waals surface area (Å²) in [7, 11) is 0. The van der Waals surface area contributed by atoms with Gasteiger partial charge in [-0.2, -0.15) is 4.68 Å². The van der Waals surface area contributed by atoms with Crippen molar-refractivity contribution in [2.75, 3.05) is 0 Å². The molecule has 3 aromatic rings. The molecule has 2 aromatic carbocycles. The zero-order chi connectivity index (χ0) is 13.4. The largest absolute Gasteiger partial charge is 0.280 e. The quantitative estimate of drug-likeness (QED) is 0.683. The van der Waals surface area contributed by atoms with Gasteiger partial charge in [0.2, 0.25) is 0 Å². The summed E-state index contributed by atoms with van der Waals surface area (Å²) < 4.78 is 1.27. The number of aromatic nitrogens is 3. The molecule has 0 N–H and O–H groups in total. The Morgan fingerprint density at radius 2 is 1.89 bits per heavy atom. The van der Waals surface area contributed by atoms with Gasteiger partial charge in [-0.1, -0.05) is 34.5 Å². The molecular weight excluding hydrogens is 262 g/mol. The average Bonchev–Trinajstić information content (AvgIpc) is 2.81. The van der Waals surface area contributed by atoms with Crippen LogP contribution in [0.25, 0.3) is 11.0 Å². The number of rotatable bonds is 1. The smallest absolute Gasteiger partial charge is 0.267 e. The minimum Gasteiger partial charge on any atom is -0.267 e. The van der Waals surface area contributed by atoms with E-state index >= 15 is 0 Å². The molecule has 0 fully saturated rings. The van der Waals surface area contributed by atoms with Gasteiger partial charge in [0.25, 0.3) is 5.91 Å². The van der Waals surface area contributed by atoms with Gasteiger partial charge in [-0.15, -0.1) is 5.10 Å². The maximum Gasteiger partial charge on any atom is 0.280 e. The summed E-state index contributed by atoms with van der Waals surface area (Å²) in [6.07, 6.45) is 0. The number of hydrogen-bond donors (Lipinski definition) is 0. The first-order valence-corrected chi connectivity index (χ1v) is 6.15. The molecule has 0 unspecified atom stereocenters. The summed E-state index contributed by atoms with van der Waals surface area (Å²) >= 11 is 5.94. The number of aryl methyl sites for hydroxylation is 1. The van der Waals surface area contributed by atoms with E-state index in [-0.39, 0.29) is 5.91 Å². The number of halogens is 1. The van der Waals surface area contributed by atoms with Crippen molar-refractivity contribution in [3.05, 3.63) is 58.6 Å². The van der Waals surface area contributed by atoms with E-state index in [1.165, 1.54) is 4.68 Å². The van der Waals surface area contributed by atoms with Gasteiger partial charge in [0, 0.05) is 10.6 Å². The molecule has 3 rings (SSSR count). The van der Waals surface area contributed by atoms with Gasteiger partial charge in [0.15, 0.2) is 0 Å². The molecular formula is C14H10ClN3O. The predicted molar refractivity (Wildman–Crippen MR) is 73.4 cm³/mol. The Balaban J connectivity index is 2.11. The highest BCUT2D eigenvalue weighted by molar-refractivity contribution is 6.31. The lowest BCUT2D eigenvalue weighted by molar-refractivity contribution is 0.0948. The topological polar surface area (TPSA) is 47.8 Å². The van der Waals surface area contributed by atoms with Crippen molar-refractivity contribution in [2.45, 2.75) is 6.92 Å².